The number of esters is 2. The molecule has 0 saturated carbocycles. The molecule has 10 nitrogen and oxygen atoms in total. The summed E-state index contributed by atoms with van der Waals surface area (Å²) in [5.74, 6) is -0.781. The van der Waals surface area contributed by atoms with Gasteiger partial charge in [-0.25, -0.2) is 0 Å². The van der Waals surface area contributed by atoms with E-state index >= 15 is 0 Å². The van der Waals surface area contributed by atoms with Crippen LogP contribution in [0.25, 0.3) is 0 Å². The number of carbonyl (C=O) groups is 2. The van der Waals surface area contributed by atoms with Crippen molar-refractivity contribution >= 4 is 11.9 Å². The number of ether oxygens (including phenoxy) is 4. The van der Waals surface area contributed by atoms with Crippen molar-refractivity contribution in [1.29, 1.82) is 0 Å². The van der Waals surface area contributed by atoms with E-state index in [4.69, 9.17) is 18.9 Å². The van der Waals surface area contributed by atoms with Gasteiger partial charge in [0.05, 0.1) is 13.2 Å². The van der Waals surface area contributed by atoms with E-state index in [1.54, 1.807) is 0 Å². The van der Waals surface area contributed by atoms with E-state index in [2.05, 4.69) is 13.8 Å². The Morgan fingerprint density at radius 3 is 1.03 bits per heavy atom. The largest absolute Gasteiger partial charge is 0.462 e. The third-order valence-corrected chi connectivity index (χ3v) is 13.7. The molecule has 1 saturated heterocycles. The summed E-state index contributed by atoms with van der Waals surface area (Å²) in [6.45, 7) is 3.50. The van der Waals surface area contributed by atoms with E-state index in [1.807, 2.05) is 0 Å². The van der Waals surface area contributed by atoms with Crippen LogP contribution in [0.3, 0.4) is 0 Å². The van der Waals surface area contributed by atoms with Gasteiger partial charge in [-0.2, -0.15) is 0 Å². The summed E-state index contributed by atoms with van der Waals surface area (Å²) >= 11 is 0. The fourth-order valence-corrected chi connectivity index (χ4v) is 9.25. The van der Waals surface area contributed by atoms with E-state index in [-0.39, 0.29) is 32.0 Å². The van der Waals surface area contributed by atoms with Crippen molar-refractivity contribution in [2.45, 2.75) is 327 Å². The molecule has 0 aromatic heterocycles. The zero-order valence-corrected chi connectivity index (χ0v) is 43.2. The summed E-state index contributed by atoms with van der Waals surface area (Å²) in [5, 5.41) is 40.3. The van der Waals surface area contributed by atoms with Crippen LogP contribution in [0.4, 0.5) is 0 Å². The fourth-order valence-electron chi connectivity index (χ4n) is 9.25. The van der Waals surface area contributed by atoms with Crippen LogP contribution in [0.2, 0.25) is 0 Å². The van der Waals surface area contributed by atoms with Crippen molar-refractivity contribution in [2.75, 3.05) is 19.8 Å². The highest BCUT2D eigenvalue weighted by molar-refractivity contribution is 5.70. The number of hydrogen-bond donors (Lipinski definition) is 4. The Morgan fingerprint density at radius 2 is 0.712 bits per heavy atom. The normalized spacial score (nSPS) is 19.0. The highest BCUT2D eigenvalue weighted by Gasteiger charge is 2.44. The molecule has 6 atom stereocenters. The molecule has 66 heavy (non-hydrogen) atoms. The van der Waals surface area contributed by atoms with E-state index < -0.39 is 49.4 Å². The lowest BCUT2D eigenvalue weighted by molar-refractivity contribution is -0.305. The van der Waals surface area contributed by atoms with Crippen molar-refractivity contribution in [3.8, 4) is 0 Å². The van der Waals surface area contributed by atoms with Crippen LogP contribution in [0.1, 0.15) is 290 Å². The summed E-state index contributed by atoms with van der Waals surface area (Å²) in [6, 6.07) is 0. The standard InChI is InChI=1S/C56H108O10/c1-3-5-7-9-11-13-15-17-19-21-23-25-27-29-31-33-35-37-39-41-43-45-52(59)65-49(48-64-56-55(62)54(61)53(60)50(46-57)66-56)47-63-51(58)44-42-40-38-36-34-32-30-28-26-24-22-20-18-16-14-12-10-8-6-4-2/h49-50,53-57,60-62H,3-48H2,1-2H3/t49-,50-,53+,54?,55?,56-/m1/s1. The van der Waals surface area contributed by atoms with Gasteiger partial charge in [0.25, 0.3) is 0 Å². The van der Waals surface area contributed by atoms with Gasteiger partial charge in [-0.15, -0.1) is 0 Å². The zero-order chi connectivity index (χ0) is 48.0. The first kappa shape index (κ1) is 62.7. The van der Waals surface area contributed by atoms with Gasteiger partial charge in [-0.1, -0.05) is 264 Å². The Kier molecular flexibility index (Phi) is 45.0. The molecule has 1 fully saturated rings. The predicted octanol–water partition coefficient (Wildman–Crippen LogP) is 14.1. The molecule has 1 aliphatic rings. The van der Waals surface area contributed by atoms with E-state index in [9.17, 15) is 30.0 Å². The average Bonchev–Trinajstić information content (AvgIpc) is 3.32. The van der Waals surface area contributed by atoms with Crippen LogP contribution in [-0.2, 0) is 28.5 Å². The molecule has 0 aliphatic carbocycles. The molecule has 392 valence electrons. The second-order valence-corrected chi connectivity index (χ2v) is 20.1. The van der Waals surface area contributed by atoms with Crippen molar-refractivity contribution in [2.24, 2.45) is 0 Å². The maximum atomic E-state index is 12.9. The lowest BCUT2D eigenvalue weighted by Crippen LogP contribution is -2.59. The molecule has 0 bridgehead atoms. The van der Waals surface area contributed by atoms with Crippen LogP contribution in [0.15, 0.2) is 0 Å². The first-order valence-electron chi connectivity index (χ1n) is 28.6. The molecule has 0 radical (unpaired) electrons. The molecule has 0 aromatic carbocycles. The fraction of sp³-hybridized carbons (Fsp3) is 0.964. The van der Waals surface area contributed by atoms with Crippen molar-refractivity contribution in [3.05, 3.63) is 0 Å². The summed E-state index contributed by atoms with van der Waals surface area (Å²) in [5.41, 5.74) is 0. The topological polar surface area (TPSA) is 152 Å². The van der Waals surface area contributed by atoms with Gasteiger partial charge >= 0.3 is 11.9 Å². The minimum Gasteiger partial charge on any atom is -0.462 e. The van der Waals surface area contributed by atoms with Gasteiger partial charge < -0.3 is 39.4 Å². The minimum absolute atomic E-state index is 0.208. The maximum Gasteiger partial charge on any atom is 0.306 e. The Hall–Kier alpha value is -1.30. The number of rotatable bonds is 50. The molecule has 1 rings (SSSR count). The van der Waals surface area contributed by atoms with Gasteiger partial charge in [-0.3, -0.25) is 9.59 Å². The minimum atomic E-state index is -1.59. The maximum absolute atomic E-state index is 12.9. The van der Waals surface area contributed by atoms with Gasteiger partial charge in [0, 0.05) is 12.8 Å². The van der Waals surface area contributed by atoms with Crippen LogP contribution in [-0.4, -0.2) is 89.0 Å². The molecular formula is C56H108O10. The molecule has 1 heterocycles. The first-order valence-corrected chi connectivity index (χ1v) is 28.6. The van der Waals surface area contributed by atoms with Gasteiger partial charge in [-0.05, 0) is 12.8 Å². The molecule has 4 N–H and O–H groups in total. The number of unbranched alkanes of at least 4 members (excludes halogenated alkanes) is 39. The predicted molar refractivity (Wildman–Crippen MR) is 270 cm³/mol. The molecule has 10 heteroatoms. The average molecular weight is 941 g/mol. The van der Waals surface area contributed by atoms with Crippen LogP contribution in [0, 0.1) is 0 Å². The lowest BCUT2D eigenvalue weighted by Gasteiger charge is -2.39. The van der Waals surface area contributed by atoms with E-state index in [0.29, 0.717) is 6.42 Å². The van der Waals surface area contributed by atoms with Crippen molar-refractivity contribution < 1.29 is 49.0 Å². The summed E-state index contributed by atoms with van der Waals surface area (Å²) in [7, 11) is 0. The van der Waals surface area contributed by atoms with Crippen molar-refractivity contribution in [3.63, 3.8) is 0 Å². The van der Waals surface area contributed by atoms with Gasteiger partial charge in [0.2, 0.25) is 0 Å². The number of carbonyl (C=O) groups excluding carboxylic acids is 2. The van der Waals surface area contributed by atoms with Gasteiger partial charge in [0.1, 0.15) is 31.0 Å². The Bertz CT molecular complexity index is 1040. The number of hydrogen-bond acceptors (Lipinski definition) is 10. The smallest absolute Gasteiger partial charge is 0.306 e. The summed E-state index contributed by atoms with van der Waals surface area (Å²) in [4.78, 5) is 25.5. The summed E-state index contributed by atoms with van der Waals surface area (Å²) < 4.78 is 22.3. The van der Waals surface area contributed by atoms with Crippen LogP contribution in [0.5, 0.6) is 0 Å². The second-order valence-electron chi connectivity index (χ2n) is 20.1. The molecule has 0 spiro atoms. The second kappa shape index (κ2) is 47.4. The van der Waals surface area contributed by atoms with Crippen molar-refractivity contribution in [1.82, 2.24) is 0 Å². The first-order chi connectivity index (χ1) is 32.3. The van der Waals surface area contributed by atoms with E-state index in [1.165, 1.54) is 225 Å². The quantitative estimate of drug-likeness (QED) is 0.0343. The Morgan fingerprint density at radius 1 is 0.409 bits per heavy atom. The Balaban J connectivity index is 2.19. The molecule has 0 aromatic rings. The Labute approximate surface area is 406 Å². The molecule has 1 aliphatic heterocycles. The lowest BCUT2D eigenvalue weighted by atomic mass is 9.99. The number of aliphatic hydroxyl groups excluding tert-OH is 4. The SMILES string of the molecule is CCCCCCCCCCCCCCCCCCCCCCCC(=O)O[C@H](COC(=O)CCCCCCCCCCCCCCCCCCCCCC)CO[C@@H]1O[C@H](CO)[C@H](O)C(O)C1O. The molecule has 0 amide bonds. The molecular weight excluding hydrogens is 833 g/mol. The van der Waals surface area contributed by atoms with Crippen LogP contribution < -0.4 is 0 Å². The van der Waals surface area contributed by atoms with E-state index in [0.717, 1.165) is 32.1 Å². The third-order valence-electron chi connectivity index (χ3n) is 13.7. The highest BCUT2D eigenvalue weighted by atomic mass is 16.7. The molecule has 2 unspecified atom stereocenters. The number of aliphatic hydroxyl groups is 4. The van der Waals surface area contributed by atoms with Gasteiger partial charge in [0.15, 0.2) is 12.4 Å². The monoisotopic (exact) mass is 941 g/mol. The van der Waals surface area contributed by atoms with Crippen LogP contribution >= 0.6 is 0 Å². The highest BCUT2D eigenvalue weighted by Crippen LogP contribution is 2.23. The third kappa shape index (κ3) is 37.6. The zero-order valence-electron chi connectivity index (χ0n) is 43.2. The summed E-state index contributed by atoms with van der Waals surface area (Å²) in [6.07, 6.45) is 45.5.